The first kappa shape index (κ1) is 11.6. The molecule has 0 fully saturated rings. The lowest BCUT2D eigenvalue weighted by atomic mass is 10.1. The van der Waals surface area contributed by atoms with Crippen LogP contribution in [0.1, 0.15) is 5.56 Å². The van der Waals surface area contributed by atoms with Gasteiger partial charge in [-0.1, -0.05) is 41.9 Å². The highest BCUT2D eigenvalue weighted by Crippen LogP contribution is 2.23. The van der Waals surface area contributed by atoms with Crippen molar-refractivity contribution in [1.29, 1.82) is 0 Å². The van der Waals surface area contributed by atoms with E-state index < -0.39 is 5.97 Å². The van der Waals surface area contributed by atoms with E-state index in [4.69, 9.17) is 16.7 Å². The molecule has 1 aromatic heterocycles. The van der Waals surface area contributed by atoms with Crippen molar-refractivity contribution in [2.24, 2.45) is 0 Å². The van der Waals surface area contributed by atoms with E-state index in [1.165, 1.54) is 6.20 Å². The number of aromatic nitrogens is 1. The Morgan fingerprint density at radius 1 is 1.29 bits per heavy atom. The maximum Gasteiger partial charge on any atom is 0.307 e. The van der Waals surface area contributed by atoms with Crippen LogP contribution in [0.4, 0.5) is 0 Å². The van der Waals surface area contributed by atoms with Gasteiger partial charge in [0.1, 0.15) is 0 Å². The van der Waals surface area contributed by atoms with Crippen LogP contribution in [0.15, 0.2) is 42.6 Å². The zero-order valence-electron chi connectivity index (χ0n) is 8.93. The monoisotopic (exact) mass is 247 g/mol. The number of carboxylic acids is 1. The van der Waals surface area contributed by atoms with E-state index >= 15 is 0 Å². The van der Waals surface area contributed by atoms with Crippen LogP contribution in [0.25, 0.3) is 11.3 Å². The first-order chi connectivity index (χ1) is 8.16. The lowest BCUT2D eigenvalue weighted by Gasteiger charge is -2.04. The Balaban J connectivity index is 2.34. The first-order valence-corrected chi connectivity index (χ1v) is 5.46. The lowest BCUT2D eigenvalue weighted by molar-refractivity contribution is -0.136. The molecule has 0 unspecified atom stereocenters. The highest BCUT2D eigenvalue weighted by molar-refractivity contribution is 6.31. The van der Waals surface area contributed by atoms with Crippen molar-refractivity contribution < 1.29 is 9.90 Å². The van der Waals surface area contributed by atoms with E-state index in [0.717, 1.165) is 11.3 Å². The molecule has 0 radical (unpaired) electrons. The summed E-state index contributed by atoms with van der Waals surface area (Å²) in [7, 11) is 0. The average Bonchev–Trinajstić information content (AvgIpc) is 2.32. The summed E-state index contributed by atoms with van der Waals surface area (Å²) in [6, 6.07) is 11.3. The third-order valence-electron chi connectivity index (χ3n) is 2.34. The minimum Gasteiger partial charge on any atom is -0.481 e. The summed E-state index contributed by atoms with van der Waals surface area (Å²) < 4.78 is 0. The minimum absolute atomic E-state index is 0.110. The number of hydrogen-bond acceptors (Lipinski definition) is 2. The maximum absolute atomic E-state index is 10.6. The van der Waals surface area contributed by atoms with Crippen LogP contribution in [-0.4, -0.2) is 16.1 Å². The van der Waals surface area contributed by atoms with Crippen molar-refractivity contribution in [3.8, 4) is 11.3 Å². The topological polar surface area (TPSA) is 50.2 Å². The average molecular weight is 248 g/mol. The molecule has 2 rings (SSSR count). The van der Waals surface area contributed by atoms with Gasteiger partial charge in [-0.2, -0.15) is 0 Å². The van der Waals surface area contributed by atoms with Gasteiger partial charge in [-0.05, 0) is 6.07 Å². The summed E-state index contributed by atoms with van der Waals surface area (Å²) in [6.45, 7) is 0. The Bertz CT molecular complexity index is 540. The van der Waals surface area contributed by atoms with E-state index in [-0.39, 0.29) is 6.42 Å². The molecule has 4 heteroatoms. The molecule has 0 saturated heterocycles. The van der Waals surface area contributed by atoms with Gasteiger partial charge in [0.25, 0.3) is 0 Å². The number of carbonyl (C=O) groups is 1. The predicted molar refractivity (Wildman–Crippen MR) is 66.0 cm³/mol. The van der Waals surface area contributed by atoms with Crippen LogP contribution >= 0.6 is 11.6 Å². The molecule has 0 saturated carbocycles. The SMILES string of the molecule is O=C(O)Cc1cnc(-c2ccccc2)cc1Cl. The molecule has 0 spiro atoms. The quantitative estimate of drug-likeness (QED) is 0.907. The smallest absolute Gasteiger partial charge is 0.307 e. The van der Waals surface area contributed by atoms with Crippen LogP contribution < -0.4 is 0 Å². The molecule has 2 aromatic rings. The van der Waals surface area contributed by atoms with Crippen LogP contribution in [0.5, 0.6) is 0 Å². The number of nitrogens with zero attached hydrogens (tertiary/aromatic N) is 1. The van der Waals surface area contributed by atoms with Crippen LogP contribution in [0.2, 0.25) is 5.02 Å². The molecule has 3 nitrogen and oxygen atoms in total. The summed E-state index contributed by atoms with van der Waals surface area (Å²) in [6.07, 6.45) is 1.40. The van der Waals surface area contributed by atoms with Gasteiger partial charge in [0.05, 0.1) is 12.1 Å². The van der Waals surface area contributed by atoms with Gasteiger partial charge in [-0.3, -0.25) is 9.78 Å². The third-order valence-corrected chi connectivity index (χ3v) is 2.69. The van der Waals surface area contributed by atoms with Gasteiger partial charge in [0, 0.05) is 22.3 Å². The molecule has 0 amide bonds. The van der Waals surface area contributed by atoms with Crippen molar-refractivity contribution >= 4 is 17.6 Å². The number of halogens is 1. The zero-order valence-corrected chi connectivity index (χ0v) is 9.69. The van der Waals surface area contributed by atoms with E-state index in [1.807, 2.05) is 30.3 Å². The molecule has 0 atom stereocenters. The van der Waals surface area contributed by atoms with Gasteiger partial charge >= 0.3 is 5.97 Å². The van der Waals surface area contributed by atoms with Crippen molar-refractivity contribution in [1.82, 2.24) is 4.98 Å². The second kappa shape index (κ2) is 4.97. The first-order valence-electron chi connectivity index (χ1n) is 5.08. The van der Waals surface area contributed by atoms with Crippen molar-refractivity contribution in [3.05, 3.63) is 53.2 Å². The Morgan fingerprint density at radius 2 is 2.00 bits per heavy atom. The van der Waals surface area contributed by atoms with Crippen LogP contribution in [-0.2, 0) is 11.2 Å². The number of carboxylic acid groups (broad SMARTS) is 1. The van der Waals surface area contributed by atoms with Gasteiger partial charge in [0.2, 0.25) is 0 Å². The van der Waals surface area contributed by atoms with E-state index in [1.54, 1.807) is 6.07 Å². The Hall–Kier alpha value is -1.87. The second-order valence-electron chi connectivity index (χ2n) is 3.60. The highest BCUT2D eigenvalue weighted by atomic mass is 35.5. The summed E-state index contributed by atoms with van der Waals surface area (Å²) in [5.41, 5.74) is 2.22. The number of pyridine rings is 1. The van der Waals surface area contributed by atoms with Crippen molar-refractivity contribution in [2.75, 3.05) is 0 Å². The molecule has 1 aromatic carbocycles. The maximum atomic E-state index is 10.6. The standard InChI is InChI=1S/C13H10ClNO2/c14-11-7-12(9-4-2-1-3-5-9)15-8-10(11)6-13(16)17/h1-5,7-8H,6H2,(H,16,17). The summed E-state index contributed by atoms with van der Waals surface area (Å²) >= 11 is 6.02. The number of aliphatic carboxylic acids is 1. The Kier molecular flexibility index (Phi) is 3.40. The molecule has 86 valence electrons. The molecule has 0 aliphatic rings. The zero-order chi connectivity index (χ0) is 12.3. The minimum atomic E-state index is -0.916. The Morgan fingerprint density at radius 3 is 2.59 bits per heavy atom. The summed E-state index contributed by atoms with van der Waals surface area (Å²) in [5.74, 6) is -0.916. The third kappa shape index (κ3) is 2.82. The number of benzene rings is 1. The highest BCUT2D eigenvalue weighted by Gasteiger charge is 2.08. The molecule has 0 aliphatic heterocycles. The lowest BCUT2D eigenvalue weighted by Crippen LogP contribution is -2.01. The normalized spacial score (nSPS) is 10.2. The van der Waals surface area contributed by atoms with E-state index in [9.17, 15) is 4.79 Å². The molecule has 1 heterocycles. The summed E-state index contributed by atoms with van der Waals surface area (Å²) in [5, 5.41) is 9.12. The molecular weight excluding hydrogens is 238 g/mol. The van der Waals surface area contributed by atoms with E-state index in [2.05, 4.69) is 4.98 Å². The number of hydrogen-bond donors (Lipinski definition) is 1. The van der Waals surface area contributed by atoms with Crippen LogP contribution in [0, 0.1) is 0 Å². The molecule has 0 bridgehead atoms. The Labute approximate surface area is 104 Å². The van der Waals surface area contributed by atoms with Crippen molar-refractivity contribution in [2.45, 2.75) is 6.42 Å². The van der Waals surface area contributed by atoms with E-state index in [0.29, 0.717) is 10.6 Å². The largest absolute Gasteiger partial charge is 0.481 e. The molecule has 0 aliphatic carbocycles. The van der Waals surface area contributed by atoms with Gasteiger partial charge in [-0.15, -0.1) is 0 Å². The second-order valence-corrected chi connectivity index (χ2v) is 4.00. The predicted octanol–water partition coefficient (Wildman–Crippen LogP) is 3.03. The molecule has 1 N–H and O–H groups in total. The van der Waals surface area contributed by atoms with Crippen molar-refractivity contribution in [3.63, 3.8) is 0 Å². The number of rotatable bonds is 3. The molecular formula is C13H10ClNO2. The fraction of sp³-hybridized carbons (Fsp3) is 0.0769. The van der Waals surface area contributed by atoms with Gasteiger partial charge in [0.15, 0.2) is 0 Å². The fourth-order valence-corrected chi connectivity index (χ4v) is 1.74. The van der Waals surface area contributed by atoms with Crippen LogP contribution in [0.3, 0.4) is 0 Å². The fourth-order valence-electron chi connectivity index (χ4n) is 1.52. The van der Waals surface area contributed by atoms with Gasteiger partial charge < -0.3 is 5.11 Å². The summed E-state index contributed by atoms with van der Waals surface area (Å²) in [4.78, 5) is 14.8. The van der Waals surface area contributed by atoms with Gasteiger partial charge in [-0.25, -0.2) is 0 Å². The molecule has 17 heavy (non-hydrogen) atoms.